The molecule has 6 nitrogen and oxygen atoms in total. The molecule has 1 saturated heterocycles. The van der Waals surface area contributed by atoms with Crippen molar-refractivity contribution >= 4 is 34.9 Å². The number of carbonyl (C=O) groups excluding carboxylic acids is 1. The number of nitrogens with zero attached hydrogens (tertiary/aromatic N) is 3. The van der Waals surface area contributed by atoms with Gasteiger partial charge in [-0.25, -0.2) is 0 Å². The molecule has 1 aliphatic rings. The number of benzene rings is 1. The molecule has 0 radical (unpaired) electrons. The average Bonchev–Trinajstić information content (AvgIpc) is 3.29. The highest BCUT2D eigenvalue weighted by Gasteiger charge is 2.41. The largest absolute Gasteiger partial charge is 0.469 e. The third-order valence-electron chi connectivity index (χ3n) is 6.18. The van der Waals surface area contributed by atoms with Crippen LogP contribution in [0.5, 0.6) is 0 Å². The van der Waals surface area contributed by atoms with Crippen molar-refractivity contribution in [2.24, 2.45) is 0 Å². The second-order valence-corrected chi connectivity index (χ2v) is 9.06. The summed E-state index contributed by atoms with van der Waals surface area (Å²) in [4.78, 5) is 18.6. The lowest BCUT2D eigenvalue weighted by Gasteiger charge is -2.28. The highest BCUT2D eigenvalue weighted by molar-refractivity contribution is 7.80. The summed E-state index contributed by atoms with van der Waals surface area (Å²) in [6.45, 7) is 6.73. The van der Waals surface area contributed by atoms with Crippen LogP contribution in [0.25, 0.3) is 5.69 Å². The van der Waals surface area contributed by atoms with Crippen LogP contribution in [0.1, 0.15) is 46.7 Å². The summed E-state index contributed by atoms with van der Waals surface area (Å²) in [6, 6.07) is 13.7. The van der Waals surface area contributed by atoms with E-state index >= 15 is 0 Å². The van der Waals surface area contributed by atoms with Crippen LogP contribution in [0.3, 0.4) is 0 Å². The molecular formula is C25H27ClN4O2S. The maximum absolute atomic E-state index is 11.9. The lowest BCUT2D eigenvalue weighted by atomic mass is 9.96. The fourth-order valence-corrected chi connectivity index (χ4v) is 5.08. The molecule has 1 fully saturated rings. The Hall–Kier alpha value is -2.90. The number of methoxy groups -OCH3 is 1. The molecule has 0 bridgehead atoms. The molecule has 2 aromatic heterocycles. The Morgan fingerprint density at radius 1 is 1.21 bits per heavy atom. The lowest BCUT2D eigenvalue weighted by Crippen LogP contribution is -2.32. The minimum Gasteiger partial charge on any atom is -0.469 e. The van der Waals surface area contributed by atoms with Gasteiger partial charge in [0.1, 0.15) is 0 Å². The van der Waals surface area contributed by atoms with E-state index in [1.807, 2.05) is 36.4 Å². The number of carbonyl (C=O) groups is 1. The fraction of sp³-hybridized carbons (Fsp3) is 0.320. The van der Waals surface area contributed by atoms with Crippen LogP contribution in [-0.4, -0.2) is 39.2 Å². The van der Waals surface area contributed by atoms with Crippen LogP contribution in [0, 0.1) is 20.8 Å². The monoisotopic (exact) mass is 482 g/mol. The second kappa shape index (κ2) is 9.53. The van der Waals surface area contributed by atoms with Gasteiger partial charge >= 0.3 is 5.97 Å². The van der Waals surface area contributed by atoms with Crippen molar-refractivity contribution in [2.75, 3.05) is 13.7 Å². The van der Waals surface area contributed by atoms with Gasteiger partial charge in [0, 0.05) is 34.8 Å². The van der Waals surface area contributed by atoms with Crippen molar-refractivity contribution in [3.05, 3.63) is 81.9 Å². The predicted octanol–water partition coefficient (Wildman–Crippen LogP) is 4.99. The summed E-state index contributed by atoms with van der Waals surface area (Å²) in [7, 11) is 1.40. The number of ether oxygens (including phenoxy) is 1. The molecule has 0 amide bonds. The summed E-state index contributed by atoms with van der Waals surface area (Å²) >= 11 is 12.0. The molecule has 0 spiro atoms. The molecule has 1 aliphatic heterocycles. The first kappa shape index (κ1) is 23.3. The Bertz CT molecular complexity index is 1190. The smallest absolute Gasteiger partial charge is 0.307 e. The molecular weight excluding hydrogens is 456 g/mol. The summed E-state index contributed by atoms with van der Waals surface area (Å²) < 4.78 is 7.10. The molecule has 0 aliphatic carbocycles. The van der Waals surface area contributed by atoms with E-state index in [9.17, 15) is 4.79 Å². The molecule has 3 aromatic rings. The Morgan fingerprint density at radius 3 is 2.70 bits per heavy atom. The first-order chi connectivity index (χ1) is 15.8. The van der Waals surface area contributed by atoms with E-state index < -0.39 is 0 Å². The SMILES string of the molecule is COC(=O)CCN1C(=S)N[C@@H](c2ccccn2)[C@@H]1c1cc(C)n(-c2cc(Cl)ccc2C)c1C. The Labute approximate surface area is 204 Å². The maximum atomic E-state index is 11.9. The van der Waals surface area contributed by atoms with Gasteiger partial charge in [-0.2, -0.15) is 0 Å². The standard InChI is InChI=1S/C25H27ClN4O2S/c1-15-8-9-18(26)14-21(15)30-16(2)13-19(17(30)3)24-23(20-7-5-6-11-27-20)28-25(33)29(24)12-10-22(31)32-4/h5-9,11,13-14,23-24H,10,12H2,1-4H3,(H,28,33)/t23-,24-/m0/s1. The van der Waals surface area contributed by atoms with Crippen molar-refractivity contribution < 1.29 is 9.53 Å². The van der Waals surface area contributed by atoms with Crippen molar-refractivity contribution in [1.82, 2.24) is 19.8 Å². The van der Waals surface area contributed by atoms with Gasteiger partial charge in [-0.1, -0.05) is 23.7 Å². The van der Waals surface area contributed by atoms with Gasteiger partial charge in [-0.3, -0.25) is 9.78 Å². The molecule has 3 heterocycles. The van der Waals surface area contributed by atoms with Crippen molar-refractivity contribution in [3.63, 3.8) is 0 Å². The van der Waals surface area contributed by atoms with E-state index in [0.29, 0.717) is 16.7 Å². The summed E-state index contributed by atoms with van der Waals surface area (Å²) in [5.74, 6) is -0.266. The molecule has 1 N–H and O–H groups in total. The van der Waals surface area contributed by atoms with Crippen molar-refractivity contribution in [2.45, 2.75) is 39.3 Å². The molecule has 172 valence electrons. The normalized spacial score (nSPS) is 17.8. The van der Waals surface area contributed by atoms with Crippen LogP contribution in [0.4, 0.5) is 0 Å². The number of halogens is 1. The number of rotatable bonds is 6. The first-order valence-corrected chi connectivity index (χ1v) is 11.6. The topological polar surface area (TPSA) is 59.4 Å². The molecule has 8 heteroatoms. The average molecular weight is 483 g/mol. The first-order valence-electron chi connectivity index (χ1n) is 10.8. The van der Waals surface area contributed by atoms with Crippen LogP contribution in [0.15, 0.2) is 48.7 Å². The van der Waals surface area contributed by atoms with Gasteiger partial charge in [-0.05, 0) is 74.4 Å². The van der Waals surface area contributed by atoms with E-state index in [-0.39, 0.29) is 24.5 Å². The molecule has 2 atom stereocenters. The summed E-state index contributed by atoms with van der Waals surface area (Å²) in [5.41, 5.74) is 6.40. The highest BCUT2D eigenvalue weighted by atomic mass is 35.5. The van der Waals surface area contributed by atoms with Gasteiger partial charge in [-0.15, -0.1) is 0 Å². The van der Waals surface area contributed by atoms with Gasteiger partial charge in [0.05, 0.1) is 31.3 Å². The summed E-state index contributed by atoms with van der Waals surface area (Å²) in [5, 5.41) is 4.73. The molecule has 0 unspecified atom stereocenters. The zero-order chi connectivity index (χ0) is 23.7. The van der Waals surface area contributed by atoms with Crippen LogP contribution < -0.4 is 5.32 Å². The molecule has 1 aromatic carbocycles. The van der Waals surface area contributed by atoms with Gasteiger partial charge < -0.3 is 19.5 Å². The Balaban J connectivity index is 1.82. The van der Waals surface area contributed by atoms with Crippen molar-refractivity contribution in [1.29, 1.82) is 0 Å². The van der Waals surface area contributed by atoms with E-state index in [1.165, 1.54) is 7.11 Å². The number of nitrogens with one attached hydrogen (secondary N) is 1. The van der Waals surface area contributed by atoms with E-state index in [1.54, 1.807) is 6.20 Å². The number of hydrogen-bond acceptors (Lipinski definition) is 4. The van der Waals surface area contributed by atoms with Crippen LogP contribution >= 0.6 is 23.8 Å². The number of pyridine rings is 1. The number of esters is 1. The highest BCUT2D eigenvalue weighted by Crippen LogP contribution is 2.41. The second-order valence-electron chi connectivity index (χ2n) is 8.24. The maximum Gasteiger partial charge on any atom is 0.307 e. The number of thiocarbonyl (C=S) groups is 1. The third-order valence-corrected chi connectivity index (χ3v) is 6.77. The molecule has 4 rings (SSSR count). The number of hydrogen-bond donors (Lipinski definition) is 1. The minimum absolute atomic E-state index is 0.128. The minimum atomic E-state index is -0.266. The zero-order valence-corrected chi connectivity index (χ0v) is 20.7. The van der Waals surface area contributed by atoms with Gasteiger partial charge in [0.2, 0.25) is 0 Å². The quantitative estimate of drug-likeness (QED) is 0.394. The van der Waals surface area contributed by atoms with Crippen molar-refractivity contribution in [3.8, 4) is 5.69 Å². The number of aryl methyl sites for hydroxylation is 2. The van der Waals surface area contributed by atoms with E-state index in [2.05, 4.69) is 46.6 Å². The Morgan fingerprint density at radius 2 is 2.00 bits per heavy atom. The van der Waals surface area contributed by atoms with E-state index in [4.69, 9.17) is 28.6 Å². The van der Waals surface area contributed by atoms with Crippen LogP contribution in [0.2, 0.25) is 5.02 Å². The zero-order valence-electron chi connectivity index (χ0n) is 19.1. The fourth-order valence-electron chi connectivity index (χ4n) is 4.58. The predicted molar refractivity (Wildman–Crippen MR) is 134 cm³/mol. The van der Waals surface area contributed by atoms with Gasteiger partial charge in [0.15, 0.2) is 5.11 Å². The molecule has 33 heavy (non-hydrogen) atoms. The Kier molecular flexibility index (Phi) is 6.72. The number of aromatic nitrogens is 2. The van der Waals surface area contributed by atoms with E-state index in [0.717, 1.165) is 33.9 Å². The van der Waals surface area contributed by atoms with Gasteiger partial charge in [0.25, 0.3) is 0 Å². The third kappa shape index (κ3) is 4.48. The lowest BCUT2D eigenvalue weighted by molar-refractivity contribution is -0.140. The molecule has 0 saturated carbocycles. The van der Waals surface area contributed by atoms with Crippen LogP contribution in [-0.2, 0) is 9.53 Å². The summed E-state index contributed by atoms with van der Waals surface area (Å²) in [6.07, 6.45) is 2.03.